The lowest BCUT2D eigenvalue weighted by molar-refractivity contribution is -0.120. The van der Waals surface area contributed by atoms with Crippen molar-refractivity contribution in [3.63, 3.8) is 0 Å². The van der Waals surface area contributed by atoms with Gasteiger partial charge in [0.1, 0.15) is 0 Å². The number of carbonyl (C=O) groups excluding carboxylic acids is 2. The molecule has 2 aliphatic rings. The molecule has 0 bridgehead atoms. The van der Waals surface area contributed by atoms with Crippen molar-refractivity contribution >= 4 is 29.9 Å². The second kappa shape index (κ2) is 9.17. The average Bonchev–Trinajstić information content (AvgIpc) is 2.62. The summed E-state index contributed by atoms with van der Waals surface area (Å²) in [6.45, 7) is 2.36. The molecule has 0 radical (unpaired) electrons. The van der Waals surface area contributed by atoms with Crippen molar-refractivity contribution in [2.75, 3.05) is 31.6 Å². The van der Waals surface area contributed by atoms with Crippen LogP contribution in [0, 0.1) is 5.92 Å². The highest BCUT2D eigenvalue weighted by molar-refractivity contribution is 5.97. The van der Waals surface area contributed by atoms with Crippen LogP contribution in [0.2, 0.25) is 0 Å². The summed E-state index contributed by atoms with van der Waals surface area (Å²) < 4.78 is 5.28. The van der Waals surface area contributed by atoms with E-state index in [1.165, 1.54) is 0 Å². The number of hydrogen-bond acceptors (Lipinski definition) is 4. The zero-order valence-electron chi connectivity index (χ0n) is 14.3. The largest absolute Gasteiger partial charge is 0.378 e. The number of anilines is 1. The van der Waals surface area contributed by atoms with E-state index in [1.54, 1.807) is 23.1 Å². The fraction of sp³-hybridized carbons (Fsp3) is 0.556. The molecule has 3 N–H and O–H groups in total. The molecule has 1 aliphatic carbocycles. The van der Waals surface area contributed by atoms with Gasteiger partial charge in [0.25, 0.3) is 5.91 Å². The second-order valence-electron chi connectivity index (χ2n) is 6.60. The Bertz CT molecular complexity index is 605. The molecular weight excluding hydrogens is 342 g/mol. The minimum Gasteiger partial charge on any atom is -0.378 e. The van der Waals surface area contributed by atoms with Crippen LogP contribution in [-0.2, 0) is 9.53 Å². The van der Waals surface area contributed by atoms with Gasteiger partial charge in [-0.25, -0.2) is 0 Å². The first-order valence-electron chi connectivity index (χ1n) is 8.67. The summed E-state index contributed by atoms with van der Waals surface area (Å²) >= 11 is 0. The highest BCUT2D eigenvalue weighted by Gasteiger charge is 2.25. The molecule has 2 atom stereocenters. The second-order valence-corrected chi connectivity index (χ2v) is 6.60. The number of ether oxygens (including phenoxy) is 1. The predicted octanol–water partition coefficient (Wildman–Crippen LogP) is 2.04. The molecule has 6 nitrogen and oxygen atoms in total. The Morgan fingerprint density at radius 2 is 1.96 bits per heavy atom. The topological polar surface area (TPSA) is 84.7 Å². The first-order valence-corrected chi connectivity index (χ1v) is 8.67. The van der Waals surface area contributed by atoms with Gasteiger partial charge >= 0.3 is 0 Å². The molecule has 1 aromatic carbocycles. The van der Waals surface area contributed by atoms with Crippen LogP contribution in [0.4, 0.5) is 5.69 Å². The van der Waals surface area contributed by atoms with E-state index in [4.69, 9.17) is 10.5 Å². The Kier molecular flexibility index (Phi) is 7.23. The van der Waals surface area contributed by atoms with Crippen molar-refractivity contribution in [3.8, 4) is 0 Å². The summed E-state index contributed by atoms with van der Waals surface area (Å²) in [7, 11) is 0. The van der Waals surface area contributed by atoms with Crippen LogP contribution in [0.15, 0.2) is 24.3 Å². The lowest BCUT2D eigenvalue weighted by atomic mass is 9.85. The molecule has 1 heterocycles. The summed E-state index contributed by atoms with van der Waals surface area (Å²) in [6, 6.07) is 7.26. The Hall–Kier alpha value is -1.63. The maximum atomic E-state index is 12.5. The van der Waals surface area contributed by atoms with E-state index >= 15 is 0 Å². The number of nitrogens with one attached hydrogen (secondary N) is 1. The Morgan fingerprint density at radius 3 is 2.68 bits per heavy atom. The summed E-state index contributed by atoms with van der Waals surface area (Å²) in [5, 5.41) is 2.94. The van der Waals surface area contributed by atoms with Crippen molar-refractivity contribution in [2.24, 2.45) is 11.7 Å². The molecule has 2 amide bonds. The Morgan fingerprint density at radius 1 is 1.20 bits per heavy atom. The summed E-state index contributed by atoms with van der Waals surface area (Å²) in [6.07, 6.45) is 3.60. The van der Waals surface area contributed by atoms with Gasteiger partial charge in [-0.15, -0.1) is 12.4 Å². The number of carbonyl (C=O) groups is 2. The number of nitrogens with two attached hydrogens (primary N) is 1. The molecule has 1 saturated heterocycles. The first-order chi connectivity index (χ1) is 11.6. The minimum atomic E-state index is -0.0349. The van der Waals surface area contributed by atoms with E-state index in [1.807, 2.05) is 6.07 Å². The van der Waals surface area contributed by atoms with Crippen LogP contribution in [0.5, 0.6) is 0 Å². The van der Waals surface area contributed by atoms with Crippen molar-refractivity contribution in [2.45, 2.75) is 31.7 Å². The number of benzene rings is 1. The van der Waals surface area contributed by atoms with Crippen LogP contribution >= 0.6 is 12.4 Å². The van der Waals surface area contributed by atoms with Gasteiger partial charge in [0.15, 0.2) is 0 Å². The number of hydrogen-bond donors (Lipinski definition) is 2. The summed E-state index contributed by atoms with van der Waals surface area (Å²) in [4.78, 5) is 26.7. The molecule has 0 aromatic heterocycles. The summed E-state index contributed by atoms with van der Waals surface area (Å²) in [5.74, 6) is -0.0532. The van der Waals surface area contributed by atoms with Crippen molar-refractivity contribution in [3.05, 3.63) is 29.8 Å². The third-order valence-corrected chi connectivity index (χ3v) is 4.76. The number of halogens is 1. The number of rotatable bonds is 3. The highest BCUT2D eigenvalue weighted by Crippen LogP contribution is 2.25. The quantitative estimate of drug-likeness (QED) is 0.856. The minimum absolute atomic E-state index is 0. The van der Waals surface area contributed by atoms with Gasteiger partial charge in [-0.3, -0.25) is 9.59 Å². The van der Waals surface area contributed by atoms with Crippen LogP contribution in [0.3, 0.4) is 0 Å². The number of amides is 2. The monoisotopic (exact) mass is 367 g/mol. The average molecular weight is 368 g/mol. The normalized spacial score (nSPS) is 23.5. The molecule has 7 heteroatoms. The smallest absolute Gasteiger partial charge is 0.254 e. The number of morpholine rings is 1. The van der Waals surface area contributed by atoms with E-state index in [0.29, 0.717) is 37.6 Å². The van der Waals surface area contributed by atoms with Crippen molar-refractivity contribution < 1.29 is 14.3 Å². The molecule has 3 rings (SSSR count). The van der Waals surface area contributed by atoms with Gasteiger partial charge in [-0.2, -0.15) is 0 Å². The van der Waals surface area contributed by atoms with Gasteiger partial charge in [0.2, 0.25) is 5.91 Å². The third-order valence-electron chi connectivity index (χ3n) is 4.76. The fourth-order valence-corrected chi connectivity index (χ4v) is 3.39. The zero-order valence-corrected chi connectivity index (χ0v) is 15.1. The van der Waals surface area contributed by atoms with Crippen LogP contribution in [0.1, 0.15) is 36.0 Å². The highest BCUT2D eigenvalue weighted by atomic mass is 35.5. The zero-order chi connectivity index (χ0) is 16.9. The van der Waals surface area contributed by atoms with Crippen molar-refractivity contribution in [1.82, 2.24) is 4.90 Å². The third kappa shape index (κ3) is 5.17. The van der Waals surface area contributed by atoms with Crippen molar-refractivity contribution in [1.29, 1.82) is 0 Å². The van der Waals surface area contributed by atoms with E-state index in [2.05, 4.69) is 5.32 Å². The molecule has 2 fully saturated rings. The molecule has 25 heavy (non-hydrogen) atoms. The molecule has 1 aromatic rings. The van der Waals surface area contributed by atoms with Crippen LogP contribution in [0.25, 0.3) is 0 Å². The predicted molar refractivity (Wildman–Crippen MR) is 99.0 cm³/mol. The lowest BCUT2D eigenvalue weighted by Gasteiger charge is -2.27. The molecule has 2 unspecified atom stereocenters. The standard InChI is InChI=1S/C18H25N3O3.ClH/c19-15-5-1-3-13(11-15)17(22)20-16-6-2-4-14(12-16)18(23)21-7-9-24-10-8-21;/h2,4,6,12-13,15H,1,3,5,7-11,19H2,(H,20,22);1H. The van der Waals surface area contributed by atoms with Gasteiger partial charge in [-0.05, 0) is 37.5 Å². The van der Waals surface area contributed by atoms with Gasteiger partial charge in [-0.1, -0.05) is 12.5 Å². The first kappa shape index (κ1) is 19.7. The molecule has 1 saturated carbocycles. The van der Waals surface area contributed by atoms with Crippen LogP contribution in [-0.4, -0.2) is 49.1 Å². The SMILES string of the molecule is Cl.NC1CCCC(C(=O)Nc2cccc(C(=O)N3CCOCC3)c2)C1. The van der Waals surface area contributed by atoms with E-state index in [-0.39, 0.29) is 36.2 Å². The van der Waals surface area contributed by atoms with Gasteiger partial charge in [0, 0.05) is 36.3 Å². The van der Waals surface area contributed by atoms with E-state index in [9.17, 15) is 9.59 Å². The van der Waals surface area contributed by atoms with Gasteiger partial charge < -0.3 is 20.7 Å². The van der Waals surface area contributed by atoms with E-state index < -0.39 is 0 Å². The van der Waals surface area contributed by atoms with Gasteiger partial charge in [0.05, 0.1) is 13.2 Å². The Labute approximate surface area is 154 Å². The molecule has 138 valence electrons. The lowest BCUT2D eigenvalue weighted by Crippen LogP contribution is -2.40. The van der Waals surface area contributed by atoms with E-state index in [0.717, 1.165) is 25.7 Å². The van der Waals surface area contributed by atoms with Crippen LogP contribution < -0.4 is 11.1 Å². The molecule has 0 spiro atoms. The number of nitrogens with zero attached hydrogens (tertiary/aromatic N) is 1. The maximum absolute atomic E-state index is 12.5. The molecular formula is C18H26ClN3O3. The fourth-order valence-electron chi connectivity index (χ4n) is 3.39. The maximum Gasteiger partial charge on any atom is 0.254 e. The Balaban J connectivity index is 0.00000225. The molecule has 1 aliphatic heterocycles. The summed E-state index contributed by atoms with van der Waals surface area (Å²) in [5.41, 5.74) is 7.22.